The van der Waals surface area contributed by atoms with Gasteiger partial charge in [0.25, 0.3) is 5.78 Å². The summed E-state index contributed by atoms with van der Waals surface area (Å²) in [5.74, 6) is -2.91. The molecule has 0 N–H and O–H groups in total. The van der Waals surface area contributed by atoms with Crippen LogP contribution >= 0.6 is 0 Å². The molecule has 1 aliphatic rings. The van der Waals surface area contributed by atoms with Crippen LogP contribution in [0.3, 0.4) is 0 Å². The van der Waals surface area contributed by atoms with Crippen molar-refractivity contribution in [3.63, 3.8) is 0 Å². The lowest BCUT2D eigenvalue weighted by Crippen LogP contribution is -2.48. The van der Waals surface area contributed by atoms with E-state index < -0.39 is 23.5 Å². The Labute approximate surface area is 171 Å². The Morgan fingerprint density at radius 3 is 2.33 bits per heavy atom. The Morgan fingerprint density at radius 2 is 1.77 bits per heavy atom. The Kier molecular flexibility index (Phi) is 5.92. The number of aromatic nitrogens is 1. The minimum absolute atomic E-state index is 0.0185. The first kappa shape index (κ1) is 21.9. The number of hydrogen-bond acceptors (Lipinski definition) is 4. The molecule has 1 amide bonds. The van der Waals surface area contributed by atoms with Crippen molar-refractivity contribution in [1.29, 1.82) is 0 Å². The molecule has 9 heteroatoms. The fraction of sp³-hybridized carbons (Fsp3) is 0.476. The summed E-state index contributed by atoms with van der Waals surface area (Å²) in [6, 6.07) is 3.94. The van der Waals surface area contributed by atoms with E-state index in [2.05, 4.69) is 4.74 Å². The lowest BCUT2D eigenvalue weighted by molar-refractivity contribution is -0.137. The third kappa shape index (κ3) is 4.06. The van der Waals surface area contributed by atoms with Gasteiger partial charge in [0, 0.05) is 23.7 Å². The van der Waals surface area contributed by atoms with Crippen molar-refractivity contribution in [3.8, 4) is 0 Å². The van der Waals surface area contributed by atoms with Crippen LogP contribution in [0.4, 0.5) is 13.2 Å². The summed E-state index contributed by atoms with van der Waals surface area (Å²) in [4.78, 5) is 38.5. The maximum absolute atomic E-state index is 13.1. The van der Waals surface area contributed by atoms with Crippen LogP contribution < -0.4 is 0 Å². The second-order valence-corrected chi connectivity index (χ2v) is 7.65. The number of esters is 1. The maximum Gasteiger partial charge on any atom is 0.454 e. The summed E-state index contributed by atoms with van der Waals surface area (Å²) < 4.78 is 45.2. The molecule has 0 radical (unpaired) electrons. The van der Waals surface area contributed by atoms with Gasteiger partial charge in [-0.2, -0.15) is 13.2 Å². The van der Waals surface area contributed by atoms with Crippen molar-refractivity contribution in [3.05, 3.63) is 35.5 Å². The SMILES string of the molecule is COC(=O)c1ccc2c(C(=O)C(F)(F)F)cn(CC(=O)N3C(C)CCCC3C)c2c1. The van der Waals surface area contributed by atoms with Crippen molar-refractivity contribution in [1.82, 2.24) is 9.47 Å². The molecular formula is C21H23F3N2O4. The number of amides is 1. The molecule has 0 bridgehead atoms. The number of fused-ring (bicyclic) bond motifs is 1. The third-order valence-corrected chi connectivity index (χ3v) is 5.59. The van der Waals surface area contributed by atoms with Crippen molar-refractivity contribution in [2.24, 2.45) is 0 Å². The summed E-state index contributed by atoms with van der Waals surface area (Å²) >= 11 is 0. The number of halogens is 3. The number of nitrogens with zero attached hydrogens (tertiary/aromatic N) is 2. The summed E-state index contributed by atoms with van der Waals surface area (Å²) in [6.45, 7) is 3.64. The second kappa shape index (κ2) is 8.12. The highest BCUT2D eigenvalue weighted by molar-refractivity contribution is 6.11. The first-order valence-electron chi connectivity index (χ1n) is 9.68. The number of benzene rings is 1. The molecule has 2 heterocycles. The van der Waals surface area contributed by atoms with Gasteiger partial charge in [0.15, 0.2) is 0 Å². The van der Waals surface area contributed by atoms with Gasteiger partial charge in [-0.05, 0) is 45.2 Å². The van der Waals surface area contributed by atoms with Crippen LogP contribution in [0.5, 0.6) is 0 Å². The Balaban J connectivity index is 2.06. The molecule has 0 saturated carbocycles. The first-order chi connectivity index (χ1) is 14.0. The highest BCUT2D eigenvalue weighted by Gasteiger charge is 2.41. The van der Waals surface area contributed by atoms with Crippen molar-refractivity contribution < 1.29 is 32.3 Å². The van der Waals surface area contributed by atoms with E-state index in [1.807, 2.05) is 13.8 Å². The van der Waals surface area contributed by atoms with Crippen LogP contribution in [0.1, 0.15) is 53.8 Å². The van der Waals surface area contributed by atoms with Gasteiger partial charge in [0.1, 0.15) is 6.54 Å². The second-order valence-electron chi connectivity index (χ2n) is 7.65. The molecule has 0 aliphatic carbocycles. The van der Waals surface area contributed by atoms with Crippen molar-refractivity contribution in [2.45, 2.75) is 57.9 Å². The third-order valence-electron chi connectivity index (χ3n) is 5.59. The molecule has 1 aromatic heterocycles. The molecule has 2 aromatic rings. The number of alkyl halides is 3. The Morgan fingerprint density at radius 1 is 1.13 bits per heavy atom. The van der Waals surface area contributed by atoms with Gasteiger partial charge in [0.2, 0.25) is 5.91 Å². The Hall–Kier alpha value is -2.84. The Bertz CT molecular complexity index is 986. The fourth-order valence-electron chi connectivity index (χ4n) is 4.14. The number of piperidine rings is 1. The molecule has 2 unspecified atom stereocenters. The summed E-state index contributed by atoms with van der Waals surface area (Å²) in [5, 5.41) is 0.0255. The van der Waals surface area contributed by atoms with Crippen molar-refractivity contribution >= 4 is 28.6 Å². The van der Waals surface area contributed by atoms with Crippen molar-refractivity contribution in [2.75, 3.05) is 7.11 Å². The van der Waals surface area contributed by atoms with E-state index >= 15 is 0 Å². The van der Waals surface area contributed by atoms with Gasteiger partial charge in [-0.3, -0.25) is 9.59 Å². The van der Waals surface area contributed by atoms with E-state index in [9.17, 15) is 27.6 Å². The minimum Gasteiger partial charge on any atom is -0.465 e. The molecule has 2 atom stereocenters. The van der Waals surface area contributed by atoms with Crippen LogP contribution in [0, 0.1) is 0 Å². The van der Waals surface area contributed by atoms with E-state index in [0.717, 1.165) is 25.5 Å². The lowest BCUT2D eigenvalue weighted by Gasteiger charge is -2.39. The lowest BCUT2D eigenvalue weighted by atomic mass is 9.97. The summed E-state index contributed by atoms with van der Waals surface area (Å²) in [7, 11) is 1.19. The number of carbonyl (C=O) groups excluding carboxylic acids is 3. The maximum atomic E-state index is 13.1. The number of methoxy groups -OCH3 is 1. The number of likely N-dealkylation sites (tertiary alicyclic amines) is 1. The zero-order chi connectivity index (χ0) is 22.2. The molecule has 1 fully saturated rings. The topological polar surface area (TPSA) is 68.6 Å². The minimum atomic E-state index is -5.06. The average Bonchev–Trinajstić information content (AvgIpc) is 3.03. The highest BCUT2D eigenvalue weighted by Crippen LogP contribution is 2.30. The first-order valence-corrected chi connectivity index (χ1v) is 9.68. The molecule has 30 heavy (non-hydrogen) atoms. The molecule has 3 rings (SSSR count). The molecule has 1 aromatic carbocycles. The van der Waals surface area contributed by atoms with E-state index in [1.54, 1.807) is 4.90 Å². The van der Waals surface area contributed by atoms with Gasteiger partial charge in [-0.1, -0.05) is 6.07 Å². The van der Waals surface area contributed by atoms with Crippen LogP contribution in [0.25, 0.3) is 10.9 Å². The zero-order valence-corrected chi connectivity index (χ0v) is 17.0. The van der Waals surface area contributed by atoms with Crippen LogP contribution in [-0.2, 0) is 16.1 Å². The quantitative estimate of drug-likeness (QED) is 0.550. The largest absolute Gasteiger partial charge is 0.465 e. The van der Waals surface area contributed by atoms with Crippen LogP contribution in [0.2, 0.25) is 0 Å². The van der Waals surface area contributed by atoms with E-state index in [1.165, 1.54) is 29.9 Å². The predicted molar refractivity (Wildman–Crippen MR) is 103 cm³/mol. The van der Waals surface area contributed by atoms with E-state index in [-0.39, 0.29) is 41.0 Å². The summed E-state index contributed by atoms with van der Waals surface area (Å²) in [5.41, 5.74) is -0.250. The summed E-state index contributed by atoms with van der Waals surface area (Å²) in [6.07, 6.45) is -1.30. The fourth-order valence-corrected chi connectivity index (χ4v) is 4.14. The molecule has 1 aliphatic heterocycles. The van der Waals surface area contributed by atoms with Crippen LogP contribution in [-0.4, -0.2) is 52.5 Å². The number of carbonyl (C=O) groups is 3. The normalized spacial score (nSPS) is 19.7. The molecule has 6 nitrogen and oxygen atoms in total. The molecular weight excluding hydrogens is 401 g/mol. The van der Waals surface area contributed by atoms with Gasteiger partial charge < -0.3 is 14.2 Å². The average molecular weight is 424 g/mol. The smallest absolute Gasteiger partial charge is 0.454 e. The monoisotopic (exact) mass is 424 g/mol. The number of Topliss-reactive ketones (excluding diaryl/α,β-unsaturated/α-hetero) is 1. The number of ether oxygens (including phenoxy) is 1. The van der Waals surface area contributed by atoms with Crippen LogP contribution in [0.15, 0.2) is 24.4 Å². The van der Waals surface area contributed by atoms with Gasteiger partial charge in [0.05, 0.1) is 23.8 Å². The van der Waals surface area contributed by atoms with Gasteiger partial charge >= 0.3 is 12.1 Å². The number of ketones is 1. The molecule has 162 valence electrons. The van der Waals surface area contributed by atoms with E-state index in [0.29, 0.717) is 0 Å². The number of rotatable bonds is 4. The van der Waals surface area contributed by atoms with E-state index in [4.69, 9.17) is 0 Å². The predicted octanol–water partition coefficient (Wildman–Crippen LogP) is 3.96. The molecule has 1 saturated heterocycles. The van der Waals surface area contributed by atoms with Gasteiger partial charge in [-0.25, -0.2) is 4.79 Å². The zero-order valence-electron chi connectivity index (χ0n) is 17.0. The highest BCUT2D eigenvalue weighted by atomic mass is 19.4. The molecule has 0 spiro atoms. The standard InChI is InChI=1S/C21H23F3N2O4/c1-12-5-4-6-13(2)26(12)18(27)11-25-10-16(19(28)21(22,23)24)15-8-7-14(9-17(15)25)20(29)30-3/h7-10,12-13H,4-6,11H2,1-3H3. The van der Waals surface area contributed by atoms with Gasteiger partial charge in [-0.15, -0.1) is 0 Å². The number of hydrogen-bond donors (Lipinski definition) is 0.